The predicted octanol–water partition coefficient (Wildman–Crippen LogP) is 2.16. The van der Waals surface area contributed by atoms with Crippen molar-refractivity contribution in [2.24, 2.45) is 32.4 Å². The van der Waals surface area contributed by atoms with Crippen LogP contribution in [-0.2, 0) is 0 Å². The molecule has 5 nitrogen and oxygen atoms in total. The molecule has 1 aromatic carbocycles. The summed E-state index contributed by atoms with van der Waals surface area (Å²) in [6.07, 6.45) is 0.670. The quantitative estimate of drug-likeness (QED) is 0.811. The summed E-state index contributed by atoms with van der Waals surface area (Å²) in [5.74, 6) is 0.400. The summed E-state index contributed by atoms with van der Waals surface area (Å²) >= 11 is 3.38. The fourth-order valence-electron chi connectivity index (χ4n) is 2.91. The Hall–Kier alpha value is -1.76. The maximum absolute atomic E-state index is 13.2. The lowest BCUT2D eigenvalue weighted by Gasteiger charge is -2.33. The van der Waals surface area contributed by atoms with E-state index in [1.807, 2.05) is 6.92 Å². The smallest absolute Gasteiger partial charge is 0.215 e. The first kappa shape index (κ1) is 14.2. The van der Waals surface area contributed by atoms with Gasteiger partial charge in [0.25, 0.3) is 0 Å². The van der Waals surface area contributed by atoms with Crippen molar-refractivity contribution in [3.05, 3.63) is 34.1 Å². The molecule has 0 amide bonds. The molecule has 4 N–H and O–H groups in total. The predicted molar refractivity (Wildman–Crippen MR) is 85.1 cm³/mol. The maximum atomic E-state index is 13.2. The molecule has 0 spiro atoms. The van der Waals surface area contributed by atoms with Crippen LogP contribution in [0, 0.1) is 11.7 Å². The average molecular weight is 352 g/mol. The molecule has 3 atom stereocenters. The Kier molecular flexibility index (Phi) is 3.52. The zero-order valence-corrected chi connectivity index (χ0v) is 13.0. The van der Waals surface area contributed by atoms with Crippen molar-refractivity contribution in [1.82, 2.24) is 0 Å². The molecular weight excluding hydrogens is 337 g/mol. The molecule has 2 unspecified atom stereocenters. The van der Waals surface area contributed by atoms with Crippen LogP contribution in [0.4, 0.5) is 4.39 Å². The van der Waals surface area contributed by atoms with E-state index >= 15 is 0 Å². The second-order valence-electron chi connectivity index (χ2n) is 5.26. The third-order valence-electron chi connectivity index (χ3n) is 3.83. The van der Waals surface area contributed by atoms with Crippen molar-refractivity contribution >= 4 is 33.4 Å². The van der Waals surface area contributed by atoms with Gasteiger partial charge >= 0.3 is 0 Å². The number of rotatable bonds is 1. The molecule has 3 rings (SSSR count). The Balaban J connectivity index is 1.99. The highest BCUT2D eigenvalue weighted by Crippen LogP contribution is 2.37. The molecule has 21 heavy (non-hydrogen) atoms. The maximum Gasteiger partial charge on any atom is 0.215 e. The van der Waals surface area contributed by atoms with E-state index in [0.29, 0.717) is 16.7 Å². The van der Waals surface area contributed by atoms with E-state index in [2.05, 4.69) is 30.9 Å². The van der Waals surface area contributed by atoms with Gasteiger partial charge in [0.2, 0.25) is 5.96 Å². The van der Waals surface area contributed by atoms with E-state index in [0.717, 1.165) is 11.3 Å². The van der Waals surface area contributed by atoms with Gasteiger partial charge in [0.15, 0.2) is 0 Å². The van der Waals surface area contributed by atoms with Crippen LogP contribution in [0.25, 0.3) is 0 Å². The van der Waals surface area contributed by atoms with E-state index in [-0.39, 0.29) is 29.8 Å². The van der Waals surface area contributed by atoms with Crippen LogP contribution in [-0.4, -0.2) is 23.5 Å². The van der Waals surface area contributed by atoms with Crippen molar-refractivity contribution in [2.75, 3.05) is 0 Å². The number of aliphatic imine (C=N–C) groups is 3. The van der Waals surface area contributed by atoms with Gasteiger partial charge in [-0.2, -0.15) is 0 Å². The molecule has 1 aromatic rings. The summed E-state index contributed by atoms with van der Waals surface area (Å²) in [4.78, 5) is 13.1. The third-order valence-corrected chi connectivity index (χ3v) is 4.52. The molecule has 0 aromatic heterocycles. The number of hydrogen-bond acceptors (Lipinski definition) is 5. The van der Waals surface area contributed by atoms with Crippen LogP contribution < -0.4 is 11.5 Å². The van der Waals surface area contributed by atoms with E-state index in [9.17, 15) is 4.39 Å². The summed E-state index contributed by atoms with van der Waals surface area (Å²) in [5, 5.41) is 0. The molecular formula is C14H15BrFN5. The first-order valence-corrected chi connectivity index (χ1v) is 7.41. The van der Waals surface area contributed by atoms with Gasteiger partial charge in [-0.15, -0.1) is 0 Å². The van der Waals surface area contributed by atoms with Gasteiger partial charge in [-0.05, 0) is 31.0 Å². The first-order valence-electron chi connectivity index (χ1n) is 6.62. The minimum atomic E-state index is -0.292. The van der Waals surface area contributed by atoms with Crippen LogP contribution in [0.15, 0.2) is 37.6 Å². The van der Waals surface area contributed by atoms with Gasteiger partial charge in [-0.1, -0.05) is 22.0 Å². The van der Waals surface area contributed by atoms with Crippen molar-refractivity contribution in [3.8, 4) is 0 Å². The van der Waals surface area contributed by atoms with Crippen LogP contribution in [0.1, 0.15) is 24.9 Å². The number of benzene rings is 1. The monoisotopic (exact) mass is 351 g/mol. The molecule has 0 fully saturated rings. The molecule has 2 aliphatic heterocycles. The van der Waals surface area contributed by atoms with Crippen LogP contribution in [0.5, 0.6) is 0 Å². The minimum absolute atomic E-state index is 0.0676. The van der Waals surface area contributed by atoms with E-state index in [1.54, 1.807) is 6.07 Å². The van der Waals surface area contributed by atoms with Crippen molar-refractivity contribution in [3.63, 3.8) is 0 Å². The zero-order chi connectivity index (χ0) is 15.1. The Bertz CT molecular complexity index is 682. The lowest BCUT2D eigenvalue weighted by Crippen LogP contribution is -2.45. The molecule has 0 radical (unpaired) electrons. The summed E-state index contributed by atoms with van der Waals surface area (Å²) < 4.78 is 13.9. The average Bonchev–Trinajstić information content (AvgIpc) is 2.36. The molecule has 0 bridgehead atoms. The zero-order valence-electron chi connectivity index (χ0n) is 11.4. The Labute approximate surface area is 130 Å². The number of halogens is 2. The van der Waals surface area contributed by atoms with Gasteiger partial charge in [-0.3, -0.25) is 4.99 Å². The second kappa shape index (κ2) is 5.22. The summed E-state index contributed by atoms with van der Waals surface area (Å²) in [7, 11) is 0. The van der Waals surface area contributed by atoms with Gasteiger partial charge in [0.05, 0.1) is 18.0 Å². The normalized spacial score (nSPS) is 28.3. The molecule has 0 aliphatic carbocycles. The van der Waals surface area contributed by atoms with E-state index < -0.39 is 0 Å². The van der Waals surface area contributed by atoms with E-state index in [1.165, 1.54) is 12.1 Å². The van der Waals surface area contributed by atoms with Crippen molar-refractivity contribution in [2.45, 2.75) is 25.4 Å². The van der Waals surface area contributed by atoms with Crippen molar-refractivity contribution in [1.29, 1.82) is 0 Å². The highest BCUT2D eigenvalue weighted by Gasteiger charge is 2.37. The fourth-order valence-corrected chi connectivity index (χ4v) is 3.53. The lowest BCUT2D eigenvalue weighted by atomic mass is 9.84. The molecule has 2 aliphatic rings. The van der Waals surface area contributed by atoms with Crippen LogP contribution in [0.2, 0.25) is 0 Å². The third kappa shape index (κ3) is 2.57. The summed E-state index contributed by atoms with van der Waals surface area (Å²) in [6.45, 7) is 1.88. The molecule has 7 heteroatoms. The second-order valence-corrected chi connectivity index (χ2v) is 6.11. The Morgan fingerprint density at radius 3 is 2.76 bits per heavy atom. The fraction of sp³-hybridized carbons (Fsp3) is 0.357. The Morgan fingerprint density at radius 2 is 2.05 bits per heavy atom. The highest BCUT2D eigenvalue weighted by molar-refractivity contribution is 9.10. The van der Waals surface area contributed by atoms with Crippen LogP contribution >= 0.6 is 15.9 Å². The molecule has 0 saturated carbocycles. The topological polar surface area (TPSA) is 89.1 Å². The number of guanidine groups is 1. The largest absolute Gasteiger partial charge is 0.387 e. The molecule has 2 heterocycles. The SMILES string of the molecule is CC1=NC(N)=NC2C[C@H](c3ccc(F)cc3Br)N=C(N)C12. The van der Waals surface area contributed by atoms with Gasteiger partial charge < -0.3 is 11.5 Å². The summed E-state index contributed by atoms with van der Waals surface area (Å²) in [6, 6.07) is 4.34. The molecule has 110 valence electrons. The number of amidine groups is 1. The van der Waals surface area contributed by atoms with Crippen molar-refractivity contribution < 1.29 is 4.39 Å². The minimum Gasteiger partial charge on any atom is -0.387 e. The van der Waals surface area contributed by atoms with Gasteiger partial charge in [0.1, 0.15) is 11.7 Å². The number of nitrogens with two attached hydrogens (primary N) is 2. The summed E-state index contributed by atoms with van der Waals surface area (Å²) in [5.41, 5.74) is 13.6. The first-order chi connectivity index (χ1) is 9.95. The lowest BCUT2D eigenvalue weighted by molar-refractivity contribution is 0.478. The van der Waals surface area contributed by atoms with Gasteiger partial charge in [0, 0.05) is 10.2 Å². The highest BCUT2D eigenvalue weighted by atomic mass is 79.9. The van der Waals surface area contributed by atoms with Crippen LogP contribution in [0.3, 0.4) is 0 Å². The Morgan fingerprint density at radius 1 is 1.29 bits per heavy atom. The number of fused-ring (bicyclic) bond motifs is 1. The van der Waals surface area contributed by atoms with E-state index in [4.69, 9.17) is 11.5 Å². The van der Waals surface area contributed by atoms with Gasteiger partial charge in [-0.25, -0.2) is 14.4 Å². The number of hydrogen-bond donors (Lipinski definition) is 2. The standard InChI is InChI=1S/C14H15BrFN5/c1-6-12-11(21-14(18)19-6)5-10(20-13(12)17)8-3-2-7(16)4-9(8)15/h2-4,10-12H,5H2,1H3,(H2,17,20)(H2,18,21)/t10-,11?,12?/m1/s1. The molecule has 0 saturated heterocycles. The number of nitrogens with zero attached hydrogens (tertiary/aromatic N) is 3.